The van der Waals surface area contributed by atoms with E-state index in [1.54, 1.807) is 0 Å². The predicted octanol–water partition coefficient (Wildman–Crippen LogP) is 2.50. The summed E-state index contributed by atoms with van der Waals surface area (Å²) in [4.78, 5) is 26.3. The molecular formula is C17H32N2O3. The molecule has 1 fully saturated rings. The number of hydrogen-bond donors (Lipinski definition) is 2. The van der Waals surface area contributed by atoms with Gasteiger partial charge in [-0.15, -0.1) is 0 Å². The van der Waals surface area contributed by atoms with E-state index in [1.807, 2.05) is 27.7 Å². The van der Waals surface area contributed by atoms with Crippen LogP contribution in [-0.4, -0.2) is 47.6 Å². The van der Waals surface area contributed by atoms with E-state index in [0.717, 1.165) is 19.5 Å². The van der Waals surface area contributed by atoms with Crippen LogP contribution in [0.4, 0.5) is 0 Å². The number of carbonyl (C=O) groups is 2. The highest BCUT2D eigenvalue weighted by Crippen LogP contribution is 2.21. The first-order chi connectivity index (χ1) is 10.3. The average molecular weight is 312 g/mol. The molecule has 5 heteroatoms. The first kappa shape index (κ1) is 18.9. The number of aliphatic carboxylic acids is 1. The van der Waals surface area contributed by atoms with Gasteiger partial charge in [0.1, 0.15) is 6.04 Å². The van der Waals surface area contributed by atoms with E-state index in [0.29, 0.717) is 6.54 Å². The number of hydrogen-bond acceptors (Lipinski definition) is 3. The standard InChI is InChI=1S/C17H32N2O3/c1-5-13(2)14(15(20)21)18-16(22)17(3,4)12-19-10-8-6-7-9-11-19/h13-14H,5-12H2,1-4H3,(H,18,22)(H,20,21). The fourth-order valence-corrected chi connectivity index (χ4v) is 2.94. The number of nitrogens with one attached hydrogen (secondary N) is 1. The van der Waals surface area contributed by atoms with Crippen LogP contribution in [0.3, 0.4) is 0 Å². The lowest BCUT2D eigenvalue weighted by atomic mass is 9.89. The molecule has 5 nitrogen and oxygen atoms in total. The third-order valence-electron chi connectivity index (χ3n) is 4.70. The molecule has 1 heterocycles. The predicted molar refractivity (Wildman–Crippen MR) is 87.7 cm³/mol. The fourth-order valence-electron chi connectivity index (χ4n) is 2.94. The highest BCUT2D eigenvalue weighted by atomic mass is 16.4. The Balaban J connectivity index is 2.65. The molecule has 2 atom stereocenters. The molecule has 128 valence electrons. The first-order valence-corrected chi connectivity index (χ1v) is 8.54. The van der Waals surface area contributed by atoms with Crippen molar-refractivity contribution in [3.05, 3.63) is 0 Å². The monoisotopic (exact) mass is 312 g/mol. The maximum Gasteiger partial charge on any atom is 0.326 e. The summed E-state index contributed by atoms with van der Waals surface area (Å²) in [6, 6.07) is -0.805. The van der Waals surface area contributed by atoms with Crippen molar-refractivity contribution in [2.24, 2.45) is 11.3 Å². The molecule has 0 aromatic carbocycles. The molecule has 0 saturated carbocycles. The van der Waals surface area contributed by atoms with E-state index in [2.05, 4.69) is 10.2 Å². The lowest BCUT2D eigenvalue weighted by molar-refractivity contribution is -0.145. The van der Waals surface area contributed by atoms with Crippen LogP contribution in [0.25, 0.3) is 0 Å². The van der Waals surface area contributed by atoms with E-state index >= 15 is 0 Å². The molecule has 2 N–H and O–H groups in total. The van der Waals surface area contributed by atoms with Gasteiger partial charge in [-0.2, -0.15) is 0 Å². The van der Waals surface area contributed by atoms with Gasteiger partial charge in [0.15, 0.2) is 0 Å². The summed E-state index contributed by atoms with van der Waals surface area (Å²) in [5.74, 6) is -1.19. The molecule has 1 rings (SSSR count). The van der Waals surface area contributed by atoms with Gasteiger partial charge in [-0.05, 0) is 45.7 Å². The average Bonchev–Trinajstić information content (AvgIpc) is 2.71. The van der Waals surface area contributed by atoms with E-state index in [1.165, 1.54) is 25.7 Å². The van der Waals surface area contributed by atoms with Crippen LogP contribution in [-0.2, 0) is 9.59 Å². The number of carboxylic acid groups (broad SMARTS) is 1. The second kappa shape index (κ2) is 8.51. The molecule has 0 aliphatic carbocycles. The quantitative estimate of drug-likeness (QED) is 0.758. The molecule has 0 bridgehead atoms. The topological polar surface area (TPSA) is 69.6 Å². The van der Waals surface area contributed by atoms with Crippen LogP contribution in [0.1, 0.15) is 59.8 Å². The number of likely N-dealkylation sites (tertiary alicyclic amines) is 1. The third-order valence-corrected chi connectivity index (χ3v) is 4.70. The number of nitrogens with zero attached hydrogens (tertiary/aromatic N) is 1. The van der Waals surface area contributed by atoms with Crippen LogP contribution < -0.4 is 5.32 Å². The molecule has 0 aromatic rings. The van der Waals surface area contributed by atoms with Gasteiger partial charge in [-0.25, -0.2) is 4.79 Å². The van der Waals surface area contributed by atoms with Gasteiger partial charge in [0, 0.05) is 6.54 Å². The van der Waals surface area contributed by atoms with Crippen molar-refractivity contribution >= 4 is 11.9 Å². The zero-order valence-electron chi connectivity index (χ0n) is 14.5. The fraction of sp³-hybridized carbons (Fsp3) is 0.882. The minimum absolute atomic E-state index is 0.0737. The molecule has 0 radical (unpaired) electrons. The molecule has 1 saturated heterocycles. The normalized spacial score (nSPS) is 20.0. The second-order valence-electron chi connectivity index (χ2n) is 7.25. The van der Waals surface area contributed by atoms with Crippen molar-refractivity contribution in [3.8, 4) is 0 Å². The number of carboxylic acids is 1. The molecule has 2 unspecified atom stereocenters. The smallest absolute Gasteiger partial charge is 0.326 e. The van der Waals surface area contributed by atoms with Crippen molar-refractivity contribution in [2.45, 2.75) is 65.8 Å². The van der Waals surface area contributed by atoms with Crippen LogP contribution >= 0.6 is 0 Å². The second-order valence-corrected chi connectivity index (χ2v) is 7.25. The maximum atomic E-state index is 12.6. The molecule has 1 aliphatic rings. The van der Waals surface area contributed by atoms with Gasteiger partial charge >= 0.3 is 5.97 Å². The van der Waals surface area contributed by atoms with Crippen LogP contribution in [0.2, 0.25) is 0 Å². The van der Waals surface area contributed by atoms with E-state index in [4.69, 9.17) is 0 Å². The minimum atomic E-state index is -0.951. The molecular weight excluding hydrogens is 280 g/mol. The van der Waals surface area contributed by atoms with Gasteiger partial charge in [0.2, 0.25) is 5.91 Å². The summed E-state index contributed by atoms with van der Waals surface area (Å²) in [7, 11) is 0. The van der Waals surface area contributed by atoms with Crippen molar-refractivity contribution in [1.82, 2.24) is 10.2 Å². The van der Waals surface area contributed by atoms with E-state index < -0.39 is 17.4 Å². The van der Waals surface area contributed by atoms with E-state index in [-0.39, 0.29) is 11.8 Å². The van der Waals surface area contributed by atoms with Crippen molar-refractivity contribution in [3.63, 3.8) is 0 Å². The minimum Gasteiger partial charge on any atom is -0.480 e. The molecule has 0 spiro atoms. The van der Waals surface area contributed by atoms with Crippen LogP contribution in [0.5, 0.6) is 0 Å². The summed E-state index contributed by atoms with van der Waals surface area (Å²) >= 11 is 0. The number of rotatable bonds is 7. The number of carbonyl (C=O) groups excluding carboxylic acids is 1. The Morgan fingerprint density at radius 1 is 1.18 bits per heavy atom. The van der Waals surface area contributed by atoms with E-state index in [9.17, 15) is 14.7 Å². The SMILES string of the molecule is CCC(C)C(NC(=O)C(C)(C)CN1CCCCCC1)C(=O)O. The Bertz CT molecular complexity index is 374. The molecule has 1 amide bonds. The summed E-state index contributed by atoms with van der Waals surface area (Å²) in [5.41, 5.74) is -0.578. The zero-order chi connectivity index (χ0) is 16.8. The Kier molecular flexibility index (Phi) is 7.33. The van der Waals surface area contributed by atoms with Gasteiger partial charge in [0.25, 0.3) is 0 Å². The Hall–Kier alpha value is -1.10. The zero-order valence-corrected chi connectivity index (χ0v) is 14.5. The van der Waals surface area contributed by atoms with Gasteiger partial charge < -0.3 is 15.3 Å². The lowest BCUT2D eigenvalue weighted by Crippen LogP contribution is -2.52. The molecule has 22 heavy (non-hydrogen) atoms. The van der Waals surface area contributed by atoms with Crippen molar-refractivity contribution in [1.29, 1.82) is 0 Å². The summed E-state index contributed by atoms with van der Waals surface area (Å²) in [5, 5.41) is 12.1. The van der Waals surface area contributed by atoms with Crippen molar-refractivity contribution in [2.75, 3.05) is 19.6 Å². The third kappa shape index (κ3) is 5.59. The van der Waals surface area contributed by atoms with Gasteiger partial charge in [-0.3, -0.25) is 4.79 Å². The van der Waals surface area contributed by atoms with Crippen molar-refractivity contribution < 1.29 is 14.7 Å². The molecule has 0 aromatic heterocycles. The largest absolute Gasteiger partial charge is 0.480 e. The Labute approximate surface area is 134 Å². The van der Waals surface area contributed by atoms with Crippen LogP contribution in [0, 0.1) is 11.3 Å². The number of amides is 1. The van der Waals surface area contributed by atoms with Crippen LogP contribution in [0.15, 0.2) is 0 Å². The summed E-state index contributed by atoms with van der Waals surface area (Å²) in [6.07, 6.45) is 5.62. The summed E-state index contributed by atoms with van der Waals surface area (Å²) in [6.45, 7) is 10.4. The lowest BCUT2D eigenvalue weighted by Gasteiger charge is -2.32. The summed E-state index contributed by atoms with van der Waals surface area (Å²) < 4.78 is 0. The first-order valence-electron chi connectivity index (χ1n) is 8.54. The Morgan fingerprint density at radius 2 is 1.73 bits per heavy atom. The molecule has 1 aliphatic heterocycles. The van der Waals surface area contributed by atoms with Gasteiger partial charge in [0.05, 0.1) is 5.41 Å². The Morgan fingerprint density at radius 3 is 2.18 bits per heavy atom. The van der Waals surface area contributed by atoms with Gasteiger partial charge in [-0.1, -0.05) is 33.1 Å². The highest BCUT2D eigenvalue weighted by molar-refractivity contribution is 5.87. The maximum absolute atomic E-state index is 12.6. The highest BCUT2D eigenvalue weighted by Gasteiger charge is 2.34.